The number of benzene rings is 1. The molecule has 4 bridgehead atoms. The highest BCUT2D eigenvalue weighted by Crippen LogP contribution is 2.55. The van der Waals surface area contributed by atoms with Crippen molar-refractivity contribution in [2.24, 2.45) is 17.8 Å². The van der Waals surface area contributed by atoms with Crippen LogP contribution in [-0.2, 0) is 6.42 Å². The number of nitrogens with zero attached hydrogens (tertiary/aromatic N) is 1. The van der Waals surface area contributed by atoms with E-state index in [-0.39, 0.29) is 17.7 Å². The van der Waals surface area contributed by atoms with Crippen LogP contribution in [0.25, 0.3) is 0 Å². The molecule has 5 heteroatoms. The van der Waals surface area contributed by atoms with Gasteiger partial charge < -0.3 is 10.4 Å². The first-order chi connectivity index (χ1) is 15.0. The lowest BCUT2D eigenvalue weighted by molar-refractivity contribution is -0.136. The molecule has 2 unspecified atom stereocenters. The van der Waals surface area contributed by atoms with Gasteiger partial charge in [0, 0.05) is 23.4 Å². The first kappa shape index (κ1) is 20.4. The molecule has 6 rings (SSSR count). The van der Waals surface area contributed by atoms with Crippen LogP contribution in [0.2, 0.25) is 0 Å². The molecule has 4 fully saturated rings. The molecule has 0 spiro atoms. The summed E-state index contributed by atoms with van der Waals surface area (Å²) in [6.07, 6.45) is 8.04. The number of carbonyl (C=O) groups is 2. The molecule has 1 heterocycles. The van der Waals surface area contributed by atoms with Gasteiger partial charge in [-0.15, -0.1) is 0 Å². The van der Waals surface area contributed by atoms with Crippen molar-refractivity contribution in [3.8, 4) is 0 Å². The number of aromatic nitrogens is 1. The summed E-state index contributed by atoms with van der Waals surface area (Å²) in [6.45, 7) is 2.08. The van der Waals surface area contributed by atoms with Crippen LogP contribution in [0, 0.1) is 17.8 Å². The van der Waals surface area contributed by atoms with Gasteiger partial charge >= 0.3 is 0 Å². The smallest absolute Gasteiger partial charge is 0.251 e. The highest BCUT2D eigenvalue weighted by Gasteiger charge is 2.55. The third-order valence-electron chi connectivity index (χ3n) is 7.57. The lowest BCUT2D eigenvalue weighted by atomic mass is 9.52. The van der Waals surface area contributed by atoms with E-state index >= 15 is 0 Å². The van der Waals surface area contributed by atoms with Crippen LogP contribution < -0.4 is 5.32 Å². The highest BCUT2D eigenvalue weighted by atomic mass is 16.3. The minimum Gasteiger partial charge on any atom is -0.390 e. The standard InChI is InChI=1S/C26H30N2O3/c1-2-5-17-12-18(24(29)22-6-3-4-9-27-22)7-8-21(17)25(30)28-23-19-10-16-11-20(23)15-26(31,13-16)14-19/h3-4,6-9,12,16,19-20,23,31H,2,5,10-11,13-15H2,1H3,(H,28,30). The van der Waals surface area contributed by atoms with Gasteiger partial charge in [-0.2, -0.15) is 0 Å². The van der Waals surface area contributed by atoms with E-state index in [1.165, 1.54) is 0 Å². The number of carbonyl (C=O) groups excluding carboxylic acids is 2. The van der Waals surface area contributed by atoms with Gasteiger partial charge in [0.2, 0.25) is 5.78 Å². The molecule has 4 saturated carbocycles. The first-order valence-corrected chi connectivity index (χ1v) is 11.6. The van der Waals surface area contributed by atoms with E-state index < -0.39 is 5.60 Å². The van der Waals surface area contributed by atoms with Crippen molar-refractivity contribution < 1.29 is 14.7 Å². The molecule has 1 aromatic heterocycles. The van der Waals surface area contributed by atoms with Crippen LogP contribution in [0.1, 0.15) is 77.4 Å². The van der Waals surface area contributed by atoms with E-state index in [4.69, 9.17) is 0 Å². The second-order valence-electron chi connectivity index (χ2n) is 9.86. The summed E-state index contributed by atoms with van der Waals surface area (Å²) in [4.78, 5) is 30.3. The molecule has 2 atom stereocenters. The van der Waals surface area contributed by atoms with E-state index in [1.807, 2.05) is 6.07 Å². The Balaban J connectivity index is 1.37. The molecule has 31 heavy (non-hydrogen) atoms. The first-order valence-electron chi connectivity index (χ1n) is 11.6. The normalized spacial score (nSPS) is 30.9. The second-order valence-corrected chi connectivity index (χ2v) is 9.86. The summed E-state index contributed by atoms with van der Waals surface area (Å²) in [5, 5.41) is 14.1. The van der Waals surface area contributed by atoms with Gasteiger partial charge in [0.15, 0.2) is 0 Å². The summed E-state index contributed by atoms with van der Waals surface area (Å²) in [5.41, 5.74) is 2.04. The number of ketones is 1. The Kier molecular flexibility index (Phi) is 5.17. The minimum atomic E-state index is -0.501. The van der Waals surface area contributed by atoms with Crippen LogP contribution >= 0.6 is 0 Å². The lowest BCUT2D eigenvalue weighted by Crippen LogP contribution is -2.61. The largest absolute Gasteiger partial charge is 0.390 e. The van der Waals surface area contributed by atoms with Crippen molar-refractivity contribution in [2.45, 2.75) is 63.5 Å². The minimum absolute atomic E-state index is 0.0512. The number of aryl methyl sites for hydroxylation is 1. The van der Waals surface area contributed by atoms with Gasteiger partial charge in [0.05, 0.1) is 5.60 Å². The van der Waals surface area contributed by atoms with Crippen molar-refractivity contribution in [3.63, 3.8) is 0 Å². The third-order valence-corrected chi connectivity index (χ3v) is 7.57. The lowest BCUT2D eigenvalue weighted by Gasteiger charge is -2.58. The van der Waals surface area contributed by atoms with E-state index in [0.717, 1.165) is 50.5 Å². The Morgan fingerprint density at radius 3 is 2.55 bits per heavy atom. The average molecular weight is 419 g/mol. The molecule has 0 saturated heterocycles. The number of hydrogen-bond acceptors (Lipinski definition) is 4. The predicted molar refractivity (Wildman–Crippen MR) is 118 cm³/mol. The van der Waals surface area contributed by atoms with Crippen LogP contribution in [-0.4, -0.2) is 33.4 Å². The summed E-state index contributed by atoms with van der Waals surface area (Å²) < 4.78 is 0. The van der Waals surface area contributed by atoms with Crippen molar-refractivity contribution in [2.75, 3.05) is 0 Å². The maximum Gasteiger partial charge on any atom is 0.251 e. The van der Waals surface area contributed by atoms with Crippen molar-refractivity contribution in [1.82, 2.24) is 10.3 Å². The zero-order chi connectivity index (χ0) is 21.6. The summed E-state index contributed by atoms with van der Waals surface area (Å²) in [5.74, 6) is 1.19. The Morgan fingerprint density at radius 2 is 1.90 bits per heavy atom. The van der Waals surface area contributed by atoms with Crippen molar-refractivity contribution >= 4 is 11.7 Å². The van der Waals surface area contributed by atoms with E-state index in [9.17, 15) is 14.7 Å². The molecule has 0 aliphatic heterocycles. The van der Waals surface area contributed by atoms with Gasteiger partial charge in [-0.1, -0.05) is 25.5 Å². The highest BCUT2D eigenvalue weighted by molar-refractivity contribution is 6.08. The molecule has 1 amide bonds. The Labute approximate surface area is 183 Å². The van der Waals surface area contributed by atoms with E-state index in [0.29, 0.717) is 34.6 Å². The average Bonchev–Trinajstić information content (AvgIpc) is 2.75. The zero-order valence-corrected chi connectivity index (χ0v) is 18.0. The maximum atomic E-state index is 13.3. The second kappa shape index (κ2) is 7.86. The number of rotatable bonds is 6. The van der Waals surface area contributed by atoms with Crippen LogP contribution in [0.3, 0.4) is 0 Å². The van der Waals surface area contributed by atoms with Gasteiger partial charge in [0.25, 0.3) is 5.91 Å². The number of hydrogen-bond donors (Lipinski definition) is 2. The number of amides is 1. The fraction of sp³-hybridized carbons (Fsp3) is 0.500. The molecule has 1 aromatic carbocycles. The van der Waals surface area contributed by atoms with Crippen LogP contribution in [0.5, 0.6) is 0 Å². The molecule has 0 radical (unpaired) electrons. The fourth-order valence-corrected chi connectivity index (χ4v) is 6.52. The fourth-order valence-electron chi connectivity index (χ4n) is 6.52. The monoisotopic (exact) mass is 418 g/mol. The van der Waals surface area contributed by atoms with Gasteiger partial charge in [-0.05, 0) is 86.1 Å². The third kappa shape index (κ3) is 3.80. The molecule has 162 valence electrons. The van der Waals surface area contributed by atoms with Gasteiger partial charge in [0.1, 0.15) is 5.69 Å². The quantitative estimate of drug-likeness (QED) is 0.697. The van der Waals surface area contributed by atoms with Crippen LogP contribution in [0.4, 0.5) is 0 Å². The predicted octanol–water partition coefficient (Wildman–Crippen LogP) is 3.93. The number of nitrogens with one attached hydrogen (secondary N) is 1. The number of pyridine rings is 1. The summed E-state index contributed by atoms with van der Waals surface area (Å²) >= 11 is 0. The van der Waals surface area contributed by atoms with E-state index in [2.05, 4.69) is 17.2 Å². The Hall–Kier alpha value is -2.53. The molecule has 5 nitrogen and oxygen atoms in total. The Morgan fingerprint density at radius 1 is 1.13 bits per heavy atom. The zero-order valence-electron chi connectivity index (χ0n) is 18.0. The molecular formula is C26H30N2O3. The van der Waals surface area contributed by atoms with E-state index in [1.54, 1.807) is 36.5 Å². The van der Waals surface area contributed by atoms with Crippen molar-refractivity contribution in [3.05, 3.63) is 65.0 Å². The van der Waals surface area contributed by atoms with Gasteiger partial charge in [-0.25, -0.2) is 0 Å². The summed E-state index contributed by atoms with van der Waals surface area (Å²) in [6, 6.07) is 10.8. The molecular weight excluding hydrogens is 388 g/mol. The molecule has 2 N–H and O–H groups in total. The topological polar surface area (TPSA) is 79.3 Å². The number of aliphatic hydroxyl groups is 1. The van der Waals surface area contributed by atoms with Crippen LogP contribution in [0.15, 0.2) is 42.6 Å². The van der Waals surface area contributed by atoms with Gasteiger partial charge in [-0.3, -0.25) is 14.6 Å². The SMILES string of the molecule is CCCc1cc(C(=O)c2ccccn2)ccc1C(=O)NC1C2CC3CC1CC(O)(C3)C2. The molecule has 4 aliphatic carbocycles. The maximum absolute atomic E-state index is 13.3. The molecule has 4 aliphatic rings. The Bertz CT molecular complexity index is 987. The van der Waals surface area contributed by atoms with Crippen molar-refractivity contribution in [1.29, 1.82) is 0 Å². The molecule has 2 aromatic rings. The summed E-state index contributed by atoms with van der Waals surface area (Å²) in [7, 11) is 0.